The first-order chi connectivity index (χ1) is 10.0. The third kappa shape index (κ3) is 3.66. The Balaban J connectivity index is 2.50. The molecular weight excluding hydrogens is 338 g/mol. The van der Waals surface area contributed by atoms with Gasteiger partial charge in [-0.1, -0.05) is 13.0 Å². The summed E-state index contributed by atoms with van der Waals surface area (Å²) in [5.41, 5.74) is 1.04. The molecule has 0 radical (unpaired) electrons. The van der Waals surface area contributed by atoms with Crippen LogP contribution in [0.1, 0.15) is 36.2 Å². The Labute approximate surface area is 131 Å². The third-order valence-corrected chi connectivity index (χ3v) is 3.72. The Bertz CT molecular complexity index is 614. The van der Waals surface area contributed by atoms with Crippen molar-refractivity contribution in [1.82, 2.24) is 10.3 Å². The molecule has 0 spiro atoms. The zero-order valence-electron chi connectivity index (χ0n) is 12.0. The van der Waals surface area contributed by atoms with Crippen LogP contribution in [0.5, 0.6) is 0 Å². The summed E-state index contributed by atoms with van der Waals surface area (Å²) in [5.74, 6) is -1.08. The van der Waals surface area contributed by atoms with Crippen LogP contribution < -0.4 is 5.32 Å². The highest BCUT2D eigenvalue weighted by atomic mass is 79.9. The molecule has 5 heteroatoms. The first-order valence-corrected chi connectivity index (χ1v) is 7.63. The van der Waals surface area contributed by atoms with Gasteiger partial charge < -0.3 is 5.32 Å². The topological polar surface area (TPSA) is 24.9 Å². The van der Waals surface area contributed by atoms with Gasteiger partial charge in [0.2, 0.25) is 0 Å². The van der Waals surface area contributed by atoms with Crippen molar-refractivity contribution < 1.29 is 8.78 Å². The summed E-state index contributed by atoms with van der Waals surface area (Å²) in [6, 6.07) is 5.72. The number of pyridine rings is 1. The molecule has 1 aromatic heterocycles. The number of nitrogens with one attached hydrogen (secondary N) is 1. The third-order valence-electron chi connectivity index (χ3n) is 3.25. The second-order valence-corrected chi connectivity index (χ2v) is 5.80. The molecule has 21 heavy (non-hydrogen) atoms. The second-order valence-electron chi connectivity index (χ2n) is 4.88. The molecule has 0 aliphatic carbocycles. The molecule has 112 valence electrons. The van der Waals surface area contributed by atoms with Crippen molar-refractivity contribution in [2.45, 2.75) is 26.3 Å². The van der Waals surface area contributed by atoms with E-state index in [1.807, 2.05) is 13.0 Å². The lowest BCUT2D eigenvalue weighted by atomic mass is 9.99. The SMILES string of the molecule is CCCNC(c1ccc(Br)cn1)c1c(F)ccc(C)c1F. The lowest BCUT2D eigenvalue weighted by molar-refractivity contribution is 0.494. The zero-order chi connectivity index (χ0) is 15.4. The molecular formula is C16H17BrF2N2. The van der Waals surface area contributed by atoms with Gasteiger partial charge in [0, 0.05) is 16.2 Å². The van der Waals surface area contributed by atoms with E-state index in [1.54, 1.807) is 19.2 Å². The van der Waals surface area contributed by atoms with Gasteiger partial charge >= 0.3 is 0 Å². The van der Waals surface area contributed by atoms with Crippen LogP contribution in [0.15, 0.2) is 34.9 Å². The maximum Gasteiger partial charge on any atom is 0.134 e. The predicted octanol–water partition coefficient (Wildman–Crippen LogP) is 4.52. The number of hydrogen-bond acceptors (Lipinski definition) is 2. The van der Waals surface area contributed by atoms with Gasteiger partial charge in [0.15, 0.2) is 0 Å². The number of halogens is 3. The van der Waals surface area contributed by atoms with Crippen LogP contribution in [0.25, 0.3) is 0 Å². The van der Waals surface area contributed by atoms with Gasteiger partial charge in [-0.2, -0.15) is 0 Å². The monoisotopic (exact) mass is 354 g/mol. The Kier molecular flexibility index (Phi) is 5.42. The number of nitrogens with zero attached hydrogens (tertiary/aromatic N) is 1. The summed E-state index contributed by atoms with van der Waals surface area (Å²) in [7, 11) is 0. The summed E-state index contributed by atoms with van der Waals surface area (Å²) in [6.07, 6.45) is 2.49. The summed E-state index contributed by atoms with van der Waals surface area (Å²) in [6.45, 7) is 4.28. The molecule has 0 amide bonds. The van der Waals surface area contributed by atoms with E-state index in [9.17, 15) is 8.78 Å². The van der Waals surface area contributed by atoms with E-state index in [1.165, 1.54) is 12.1 Å². The molecule has 0 aliphatic rings. The highest BCUT2D eigenvalue weighted by Crippen LogP contribution is 2.28. The maximum atomic E-state index is 14.4. The van der Waals surface area contributed by atoms with Gasteiger partial charge in [-0.25, -0.2) is 8.78 Å². The van der Waals surface area contributed by atoms with Crippen LogP contribution in [-0.4, -0.2) is 11.5 Å². The largest absolute Gasteiger partial charge is 0.305 e. The predicted molar refractivity (Wildman–Crippen MR) is 83.2 cm³/mol. The van der Waals surface area contributed by atoms with E-state index in [4.69, 9.17) is 0 Å². The van der Waals surface area contributed by atoms with E-state index in [-0.39, 0.29) is 5.56 Å². The van der Waals surface area contributed by atoms with Gasteiger partial charge in [0.25, 0.3) is 0 Å². The van der Waals surface area contributed by atoms with Gasteiger partial charge in [-0.05, 0) is 59.6 Å². The minimum Gasteiger partial charge on any atom is -0.305 e. The van der Waals surface area contributed by atoms with Gasteiger partial charge in [0.1, 0.15) is 11.6 Å². The Hall–Kier alpha value is -1.33. The summed E-state index contributed by atoms with van der Waals surface area (Å²) < 4.78 is 29.4. The van der Waals surface area contributed by atoms with Crippen LogP contribution in [0.4, 0.5) is 8.78 Å². The van der Waals surface area contributed by atoms with Crippen molar-refractivity contribution in [1.29, 1.82) is 0 Å². The molecule has 2 aromatic rings. The summed E-state index contributed by atoms with van der Waals surface area (Å²) in [5, 5.41) is 3.17. The lowest BCUT2D eigenvalue weighted by Gasteiger charge is -2.20. The minimum atomic E-state index is -0.599. The Morgan fingerprint density at radius 3 is 2.62 bits per heavy atom. The van der Waals surface area contributed by atoms with Crippen molar-refractivity contribution in [2.75, 3.05) is 6.54 Å². The normalized spacial score (nSPS) is 12.4. The second kappa shape index (κ2) is 7.09. The smallest absolute Gasteiger partial charge is 0.134 e. The van der Waals surface area contributed by atoms with Crippen LogP contribution in [0, 0.1) is 18.6 Å². The quantitative estimate of drug-likeness (QED) is 0.853. The van der Waals surface area contributed by atoms with Crippen molar-refractivity contribution >= 4 is 15.9 Å². The molecule has 1 heterocycles. The van der Waals surface area contributed by atoms with Crippen LogP contribution in [0.2, 0.25) is 0 Å². The summed E-state index contributed by atoms with van der Waals surface area (Å²) >= 11 is 3.31. The van der Waals surface area contributed by atoms with Crippen molar-refractivity contribution in [3.05, 3.63) is 63.4 Å². The van der Waals surface area contributed by atoms with E-state index < -0.39 is 17.7 Å². The molecule has 0 bridgehead atoms. The number of rotatable bonds is 5. The molecule has 0 aliphatic heterocycles. The average molecular weight is 355 g/mol. The number of aromatic nitrogens is 1. The van der Waals surface area contributed by atoms with Gasteiger partial charge in [0.05, 0.1) is 11.7 Å². The molecule has 1 unspecified atom stereocenters. The van der Waals surface area contributed by atoms with E-state index in [2.05, 4.69) is 26.2 Å². The molecule has 1 aromatic carbocycles. The fourth-order valence-corrected chi connectivity index (χ4v) is 2.38. The molecule has 2 rings (SSSR count). The first kappa shape index (κ1) is 16.0. The fraction of sp³-hybridized carbons (Fsp3) is 0.312. The highest BCUT2D eigenvalue weighted by Gasteiger charge is 2.23. The van der Waals surface area contributed by atoms with Crippen molar-refractivity contribution in [3.63, 3.8) is 0 Å². The molecule has 0 saturated heterocycles. The van der Waals surface area contributed by atoms with E-state index >= 15 is 0 Å². The number of aryl methyl sites for hydroxylation is 1. The Morgan fingerprint density at radius 1 is 1.24 bits per heavy atom. The van der Waals surface area contributed by atoms with E-state index in [0.29, 0.717) is 17.8 Å². The first-order valence-electron chi connectivity index (χ1n) is 6.84. The summed E-state index contributed by atoms with van der Waals surface area (Å²) in [4.78, 5) is 4.28. The minimum absolute atomic E-state index is 0.0262. The average Bonchev–Trinajstić information content (AvgIpc) is 2.48. The Morgan fingerprint density at radius 2 is 2.00 bits per heavy atom. The highest BCUT2D eigenvalue weighted by molar-refractivity contribution is 9.10. The number of hydrogen-bond donors (Lipinski definition) is 1. The molecule has 2 nitrogen and oxygen atoms in total. The van der Waals surface area contributed by atoms with E-state index in [0.717, 1.165) is 10.9 Å². The molecule has 0 saturated carbocycles. The molecule has 0 fully saturated rings. The lowest BCUT2D eigenvalue weighted by Crippen LogP contribution is -2.26. The van der Waals surface area contributed by atoms with Crippen LogP contribution in [0.3, 0.4) is 0 Å². The maximum absolute atomic E-state index is 14.4. The number of benzene rings is 1. The van der Waals surface area contributed by atoms with Crippen molar-refractivity contribution in [3.8, 4) is 0 Å². The molecule has 1 N–H and O–H groups in total. The van der Waals surface area contributed by atoms with Gasteiger partial charge in [-0.15, -0.1) is 0 Å². The standard InChI is InChI=1S/C16H17BrF2N2/c1-3-8-20-16(13-7-5-11(17)9-21-13)14-12(18)6-4-10(2)15(14)19/h4-7,9,16,20H,3,8H2,1-2H3. The van der Waals surface area contributed by atoms with Gasteiger partial charge in [-0.3, -0.25) is 4.98 Å². The fourth-order valence-electron chi connectivity index (χ4n) is 2.14. The van der Waals surface area contributed by atoms with Crippen molar-refractivity contribution in [2.24, 2.45) is 0 Å². The van der Waals surface area contributed by atoms with Crippen LogP contribution in [-0.2, 0) is 0 Å². The van der Waals surface area contributed by atoms with Crippen LogP contribution >= 0.6 is 15.9 Å². The zero-order valence-corrected chi connectivity index (χ0v) is 13.5. The molecule has 1 atom stereocenters.